The molecule has 6 heteroatoms. The summed E-state index contributed by atoms with van der Waals surface area (Å²) in [4.78, 5) is 21.9. The molecule has 2 N–H and O–H groups in total. The molecule has 0 radical (unpaired) electrons. The van der Waals surface area contributed by atoms with E-state index in [0.29, 0.717) is 5.82 Å². The number of hydrogen-bond acceptors (Lipinski definition) is 5. The van der Waals surface area contributed by atoms with Crippen LogP contribution < -0.4 is 10.2 Å². The van der Waals surface area contributed by atoms with Gasteiger partial charge in [-0.2, -0.15) is 0 Å². The molecular weight excluding hydrogens is 256 g/mol. The van der Waals surface area contributed by atoms with Crippen molar-refractivity contribution < 1.29 is 9.90 Å². The molecule has 110 valence electrons. The molecule has 1 saturated heterocycles. The Kier molecular flexibility index (Phi) is 4.76. The molecule has 2 atom stereocenters. The van der Waals surface area contributed by atoms with Crippen LogP contribution >= 0.6 is 0 Å². The molecule has 0 aliphatic carbocycles. The first-order chi connectivity index (χ1) is 9.61. The summed E-state index contributed by atoms with van der Waals surface area (Å²) in [6, 6.07) is 1.21. The van der Waals surface area contributed by atoms with E-state index in [-0.39, 0.29) is 5.92 Å². The van der Waals surface area contributed by atoms with Crippen LogP contribution in [0.1, 0.15) is 33.1 Å². The van der Waals surface area contributed by atoms with Crippen molar-refractivity contribution in [2.75, 3.05) is 23.3 Å². The molecule has 0 spiro atoms. The van der Waals surface area contributed by atoms with Gasteiger partial charge in [-0.1, -0.05) is 20.3 Å². The first-order valence-electron chi connectivity index (χ1n) is 7.18. The van der Waals surface area contributed by atoms with Crippen molar-refractivity contribution in [1.82, 2.24) is 9.97 Å². The molecule has 20 heavy (non-hydrogen) atoms. The van der Waals surface area contributed by atoms with E-state index in [2.05, 4.69) is 20.2 Å². The highest BCUT2D eigenvalue weighted by molar-refractivity contribution is 5.77. The fraction of sp³-hybridized carbons (Fsp3) is 0.643. The third kappa shape index (κ3) is 3.37. The SMILES string of the molecule is CC[C@H](C)[C@H](Nc1cc(N2CCCC2)ncn1)C(=O)O. The fourth-order valence-electron chi connectivity index (χ4n) is 2.39. The second-order valence-corrected chi connectivity index (χ2v) is 5.30. The van der Waals surface area contributed by atoms with Gasteiger partial charge in [-0.25, -0.2) is 14.8 Å². The number of carbonyl (C=O) groups is 1. The molecule has 0 saturated carbocycles. The normalized spacial score (nSPS) is 17.8. The van der Waals surface area contributed by atoms with Crippen LogP contribution in [0.25, 0.3) is 0 Å². The van der Waals surface area contributed by atoms with Crippen molar-refractivity contribution in [3.05, 3.63) is 12.4 Å². The van der Waals surface area contributed by atoms with Crippen LogP contribution in [-0.4, -0.2) is 40.2 Å². The monoisotopic (exact) mass is 278 g/mol. The molecule has 1 fully saturated rings. The van der Waals surface area contributed by atoms with Gasteiger partial charge in [0.2, 0.25) is 0 Å². The van der Waals surface area contributed by atoms with E-state index in [1.165, 1.54) is 19.2 Å². The van der Waals surface area contributed by atoms with Gasteiger partial charge in [-0.05, 0) is 18.8 Å². The maximum absolute atomic E-state index is 11.3. The Morgan fingerprint density at radius 1 is 1.45 bits per heavy atom. The minimum atomic E-state index is -0.847. The topological polar surface area (TPSA) is 78.3 Å². The highest BCUT2D eigenvalue weighted by Gasteiger charge is 2.24. The Morgan fingerprint density at radius 3 is 2.75 bits per heavy atom. The molecule has 2 heterocycles. The predicted octanol–water partition coefficient (Wildman–Crippen LogP) is 1.99. The number of nitrogens with one attached hydrogen (secondary N) is 1. The Hall–Kier alpha value is -1.85. The van der Waals surface area contributed by atoms with Gasteiger partial charge in [0.1, 0.15) is 24.0 Å². The summed E-state index contributed by atoms with van der Waals surface area (Å²) in [5.74, 6) is 0.640. The summed E-state index contributed by atoms with van der Waals surface area (Å²) in [6.07, 6.45) is 4.65. The Morgan fingerprint density at radius 2 is 2.15 bits per heavy atom. The molecule has 0 amide bonds. The van der Waals surface area contributed by atoms with Gasteiger partial charge >= 0.3 is 5.97 Å². The summed E-state index contributed by atoms with van der Waals surface area (Å²) < 4.78 is 0. The van der Waals surface area contributed by atoms with Crippen molar-refractivity contribution in [3.8, 4) is 0 Å². The first-order valence-corrected chi connectivity index (χ1v) is 7.18. The highest BCUT2D eigenvalue weighted by atomic mass is 16.4. The molecule has 6 nitrogen and oxygen atoms in total. The number of aliphatic carboxylic acids is 1. The average molecular weight is 278 g/mol. The van der Waals surface area contributed by atoms with Crippen LogP contribution in [0.2, 0.25) is 0 Å². The van der Waals surface area contributed by atoms with Crippen LogP contribution in [0.5, 0.6) is 0 Å². The lowest BCUT2D eigenvalue weighted by molar-refractivity contribution is -0.139. The zero-order chi connectivity index (χ0) is 14.5. The zero-order valence-electron chi connectivity index (χ0n) is 12.0. The van der Waals surface area contributed by atoms with Crippen molar-refractivity contribution in [2.24, 2.45) is 5.92 Å². The van der Waals surface area contributed by atoms with E-state index in [1.54, 1.807) is 0 Å². The summed E-state index contributed by atoms with van der Waals surface area (Å²) >= 11 is 0. The number of nitrogens with zero attached hydrogens (tertiary/aromatic N) is 3. The van der Waals surface area contributed by atoms with Gasteiger partial charge < -0.3 is 15.3 Å². The lowest BCUT2D eigenvalue weighted by atomic mass is 9.99. The standard InChI is InChI=1S/C14H22N4O2/c1-3-10(2)13(14(19)20)17-11-8-12(16-9-15-11)18-6-4-5-7-18/h8-10,13H,3-7H2,1-2H3,(H,19,20)(H,15,16,17)/t10-,13-/m0/s1. The zero-order valence-corrected chi connectivity index (χ0v) is 12.0. The summed E-state index contributed by atoms with van der Waals surface area (Å²) in [5.41, 5.74) is 0. The van der Waals surface area contributed by atoms with E-state index in [1.807, 2.05) is 19.9 Å². The van der Waals surface area contributed by atoms with Gasteiger partial charge in [-0.15, -0.1) is 0 Å². The Balaban J connectivity index is 2.11. The van der Waals surface area contributed by atoms with E-state index < -0.39 is 12.0 Å². The third-order valence-corrected chi connectivity index (χ3v) is 3.87. The van der Waals surface area contributed by atoms with E-state index in [9.17, 15) is 9.90 Å². The molecule has 0 bridgehead atoms. The maximum atomic E-state index is 11.3. The lowest BCUT2D eigenvalue weighted by Gasteiger charge is -2.22. The smallest absolute Gasteiger partial charge is 0.326 e. The number of hydrogen-bond donors (Lipinski definition) is 2. The quantitative estimate of drug-likeness (QED) is 0.828. The van der Waals surface area contributed by atoms with Crippen LogP contribution in [0, 0.1) is 5.92 Å². The second kappa shape index (κ2) is 6.54. The van der Waals surface area contributed by atoms with Crippen LogP contribution in [-0.2, 0) is 4.79 Å². The molecule has 1 aromatic rings. The molecule has 1 aromatic heterocycles. The minimum Gasteiger partial charge on any atom is -0.480 e. The summed E-state index contributed by atoms with van der Waals surface area (Å²) in [6.45, 7) is 5.92. The largest absolute Gasteiger partial charge is 0.480 e. The average Bonchev–Trinajstić information content (AvgIpc) is 2.98. The summed E-state index contributed by atoms with van der Waals surface area (Å²) in [5, 5.41) is 12.3. The molecule has 1 aliphatic rings. The number of anilines is 2. The van der Waals surface area contributed by atoms with Crippen LogP contribution in [0.3, 0.4) is 0 Å². The Labute approximate surface area is 119 Å². The van der Waals surface area contributed by atoms with Gasteiger partial charge in [-0.3, -0.25) is 0 Å². The molecule has 0 aromatic carbocycles. The van der Waals surface area contributed by atoms with Crippen LogP contribution in [0.4, 0.5) is 11.6 Å². The number of rotatable bonds is 6. The first kappa shape index (κ1) is 14.6. The summed E-state index contributed by atoms with van der Waals surface area (Å²) in [7, 11) is 0. The van der Waals surface area contributed by atoms with Gasteiger partial charge in [0.05, 0.1) is 0 Å². The molecular formula is C14H22N4O2. The van der Waals surface area contributed by atoms with E-state index in [4.69, 9.17) is 0 Å². The molecule has 2 rings (SSSR count). The maximum Gasteiger partial charge on any atom is 0.326 e. The number of aromatic nitrogens is 2. The Bertz CT molecular complexity index is 460. The van der Waals surface area contributed by atoms with Crippen LogP contribution in [0.15, 0.2) is 12.4 Å². The molecule has 0 unspecified atom stereocenters. The van der Waals surface area contributed by atoms with Gasteiger partial charge in [0.15, 0.2) is 0 Å². The van der Waals surface area contributed by atoms with Crippen molar-refractivity contribution in [3.63, 3.8) is 0 Å². The van der Waals surface area contributed by atoms with E-state index in [0.717, 1.165) is 25.3 Å². The minimum absolute atomic E-state index is 0.0395. The third-order valence-electron chi connectivity index (χ3n) is 3.87. The predicted molar refractivity (Wildman–Crippen MR) is 78.0 cm³/mol. The van der Waals surface area contributed by atoms with Gasteiger partial charge in [0.25, 0.3) is 0 Å². The highest BCUT2D eigenvalue weighted by Crippen LogP contribution is 2.21. The van der Waals surface area contributed by atoms with Crippen molar-refractivity contribution >= 4 is 17.6 Å². The van der Waals surface area contributed by atoms with Crippen molar-refractivity contribution in [1.29, 1.82) is 0 Å². The fourth-order valence-corrected chi connectivity index (χ4v) is 2.39. The van der Waals surface area contributed by atoms with Gasteiger partial charge in [0, 0.05) is 19.2 Å². The second-order valence-electron chi connectivity index (χ2n) is 5.30. The van der Waals surface area contributed by atoms with Crippen molar-refractivity contribution in [2.45, 2.75) is 39.2 Å². The lowest BCUT2D eigenvalue weighted by Crippen LogP contribution is -2.35. The number of carboxylic acid groups (broad SMARTS) is 1. The molecule has 1 aliphatic heterocycles. The van der Waals surface area contributed by atoms with E-state index >= 15 is 0 Å². The number of carboxylic acids is 1.